The molecule has 0 spiro atoms. The number of fused-ring (bicyclic) bond motifs is 1. The van der Waals surface area contributed by atoms with Gasteiger partial charge in [0.15, 0.2) is 0 Å². The molecule has 2 N–H and O–H groups in total. The first-order chi connectivity index (χ1) is 13.5. The number of carbonyl (C=O) groups is 1. The van der Waals surface area contributed by atoms with Crippen LogP contribution in [-0.4, -0.2) is 20.7 Å². The minimum Gasteiger partial charge on any atom is -0.345 e. The first-order valence-corrected chi connectivity index (χ1v) is 8.69. The van der Waals surface area contributed by atoms with Gasteiger partial charge in [0.2, 0.25) is 5.43 Å². The fourth-order valence-electron chi connectivity index (χ4n) is 3.07. The highest BCUT2D eigenvalue weighted by molar-refractivity contribution is 6.05. The molecule has 0 aliphatic heterocycles. The van der Waals surface area contributed by atoms with E-state index < -0.39 is 17.2 Å². The molecule has 0 radical (unpaired) electrons. The summed E-state index contributed by atoms with van der Waals surface area (Å²) in [5, 5.41) is 7.20. The topological polar surface area (TPSA) is 79.8 Å². The summed E-state index contributed by atoms with van der Waals surface area (Å²) in [4.78, 5) is 28.5. The summed E-state index contributed by atoms with van der Waals surface area (Å²) in [7, 11) is 0. The van der Waals surface area contributed by atoms with E-state index in [1.54, 1.807) is 17.7 Å². The number of nitrogens with one attached hydrogen (secondary N) is 2. The van der Waals surface area contributed by atoms with Crippen LogP contribution in [0.5, 0.6) is 0 Å². The number of nitrogens with zero attached hydrogens (tertiary/aromatic N) is 2. The second-order valence-corrected chi connectivity index (χ2v) is 6.52. The quantitative estimate of drug-likeness (QED) is 0.572. The van der Waals surface area contributed by atoms with Gasteiger partial charge in [-0.05, 0) is 38.1 Å². The number of aryl methyl sites for hydroxylation is 2. The van der Waals surface area contributed by atoms with Gasteiger partial charge in [-0.2, -0.15) is 5.10 Å². The highest BCUT2D eigenvalue weighted by atomic mass is 19.1. The van der Waals surface area contributed by atoms with Crippen molar-refractivity contribution in [3.8, 4) is 5.69 Å². The number of rotatable bonds is 3. The summed E-state index contributed by atoms with van der Waals surface area (Å²) in [6.45, 7) is 3.69. The van der Waals surface area contributed by atoms with Crippen LogP contribution in [0.1, 0.15) is 21.6 Å². The molecular weight excluding hydrogens is 359 g/mol. The summed E-state index contributed by atoms with van der Waals surface area (Å²) in [5.74, 6) is -1.26. The van der Waals surface area contributed by atoms with Gasteiger partial charge in [-0.3, -0.25) is 9.59 Å². The Bertz CT molecular complexity index is 1260. The Morgan fingerprint density at radius 3 is 2.54 bits per heavy atom. The molecule has 4 aromatic rings. The van der Waals surface area contributed by atoms with Crippen LogP contribution < -0.4 is 10.7 Å². The Morgan fingerprint density at radius 2 is 1.82 bits per heavy atom. The zero-order chi connectivity index (χ0) is 19.8. The normalized spacial score (nSPS) is 11.0. The Balaban J connectivity index is 1.78. The molecule has 0 aliphatic rings. The lowest BCUT2D eigenvalue weighted by Crippen LogP contribution is -2.22. The molecule has 0 atom stereocenters. The molecule has 0 saturated heterocycles. The number of para-hydroxylation sites is 1. The van der Waals surface area contributed by atoms with Crippen molar-refractivity contribution >= 4 is 22.6 Å². The molecule has 0 fully saturated rings. The largest absolute Gasteiger partial charge is 0.345 e. The summed E-state index contributed by atoms with van der Waals surface area (Å²) in [6, 6.07) is 13.5. The van der Waals surface area contributed by atoms with Gasteiger partial charge in [0.25, 0.3) is 5.91 Å². The van der Waals surface area contributed by atoms with E-state index in [1.807, 2.05) is 31.2 Å². The molecular formula is C21H17FN4O2. The minimum absolute atomic E-state index is 0.0130. The number of amides is 1. The molecule has 0 saturated carbocycles. The number of aromatic nitrogens is 3. The number of H-pyrrole nitrogens is 1. The molecule has 0 unspecified atom stereocenters. The van der Waals surface area contributed by atoms with E-state index >= 15 is 0 Å². The monoisotopic (exact) mass is 376 g/mol. The number of anilines is 1. The molecule has 2 aromatic heterocycles. The first-order valence-electron chi connectivity index (χ1n) is 8.69. The highest BCUT2D eigenvalue weighted by Gasteiger charge is 2.19. The van der Waals surface area contributed by atoms with Crippen LogP contribution in [0, 0.1) is 19.7 Å². The smallest absolute Gasteiger partial charge is 0.261 e. The summed E-state index contributed by atoms with van der Waals surface area (Å²) in [6.07, 6.45) is 1.33. The number of aromatic amines is 1. The maximum Gasteiger partial charge on any atom is 0.261 e. The van der Waals surface area contributed by atoms with Crippen molar-refractivity contribution in [3.63, 3.8) is 0 Å². The van der Waals surface area contributed by atoms with Crippen LogP contribution in [-0.2, 0) is 0 Å². The second-order valence-electron chi connectivity index (χ2n) is 6.52. The van der Waals surface area contributed by atoms with E-state index in [-0.39, 0.29) is 11.3 Å². The van der Waals surface area contributed by atoms with Crippen molar-refractivity contribution in [2.75, 3.05) is 5.32 Å². The van der Waals surface area contributed by atoms with Gasteiger partial charge < -0.3 is 10.3 Å². The summed E-state index contributed by atoms with van der Waals surface area (Å²) >= 11 is 0. The fraction of sp³-hybridized carbons (Fsp3) is 0.0952. The number of pyridine rings is 1. The van der Waals surface area contributed by atoms with Crippen LogP contribution in [0.4, 0.5) is 10.1 Å². The van der Waals surface area contributed by atoms with E-state index in [2.05, 4.69) is 15.4 Å². The molecule has 1 amide bonds. The van der Waals surface area contributed by atoms with Crippen molar-refractivity contribution in [2.24, 2.45) is 0 Å². The molecule has 2 aromatic carbocycles. The first kappa shape index (κ1) is 17.7. The van der Waals surface area contributed by atoms with Crippen LogP contribution in [0.25, 0.3) is 16.7 Å². The van der Waals surface area contributed by atoms with Gasteiger partial charge in [0.1, 0.15) is 17.0 Å². The maximum atomic E-state index is 13.8. The van der Waals surface area contributed by atoms with Gasteiger partial charge in [0.05, 0.1) is 22.5 Å². The number of halogens is 1. The zero-order valence-electron chi connectivity index (χ0n) is 15.3. The second kappa shape index (κ2) is 6.77. The van der Waals surface area contributed by atoms with E-state index in [1.165, 1.54) is 24.4 Å². The number of carbonyl (C=O) groups excluding carboxylic acids is 1. The molecule has 0 aliphatic carbocycles. The van der Waals surface area contributed by atoms with E-state index in [9.17, 15) is 14.0 Å². The van der Waals surface area contributed by atoms with E-state index in [0.29, 0.717) is 16.7 Å². The van der Waals surface area contributed by atoms with Crippen LogP contribution in [0.15, 0.2) is 59.5 Å². The zero-order valence-corrected chi connectivity index (χ0v) is 15.3. The van der Waals surface area contributed by atoms with E-state index in [4.69, 9.17) is 0 Å². The molecule has 28 heavy (non-hydrogen) atoms. The lowest BCUT2D eigenvalue weighted by atomic mass is 10.1. The number of hydrogen-bond donors (Lipinski definition) is 2. The van der Waals surface area contributed by atoms with Crippen LogP contribution in [0.3, 0.4) is 0 Å². The van der Waals surface area contributed by atoms with Gasteiger partial charge in [-0.15, -0.1) is 0 Å². The number of benzene rings is 2. The SMILES string of the molecule is Cc1ccc(-n2nc(C)c3c(=O)c(C(=O)Nc4ccccc4F)c[nH]c32)cc1. The summed E-state index contributed by atoms with van der Waals surface area (Å²) < 4.78 is 15.4. The predicted octanol–water partition coefficient (Wildman–Crippen LogP) is 3.72. The summed E-state index contributed by atoms with van der Waals surface area (Å²) in [5.41, 5.74) is 2.34. The average molecular weight is 376 g/mol. The standard InChI is InChI=1S/C21H17FN4O2/c1-12-7-9-14(10-8-12)26-20-18(13(2)25-26)19(27)15(11-23-20)21(28)24-17-6-4-3-5-16(17)22/h3-11H,1-2H3,(H,23,27)(H,24,28). The molecule has 0 bridgehead atoms. The van der Waals surface area contributed by atoms with E-state index in [0.717, 1.165) is 11.3 Å². The van der Waals surface area contributed by atoms with Gasteiger partial charge in [-0.25, -0.2) is 9.07 Å². The van der Waals surface area contributed by atoms with Gasteiger partial charge in [-0.1, -0.05) is 29.8 Å². The molecule has 4 rings (SSSR count). The van der Waals surface area contributed by atoms with Gasteiger partial charge >= 0.3 is 0 Å². The molecule has 7 heteroatoms. The van der Waals surface area contributed by atoms with Crippen molar-refractivity contribution in [1.82, 2.24) is 14.8 Å². The molecule has 2 heterocycles. The average Bonchev–Trinajstić information content (AvgIpc) is 3.02. The highest BCUT2D eigenvalue weighted by Crippen LogP contribution is 2.19. The van der Waals surface area contributed by atoms with Crippen molar-refractivity contribution in [1.29, 1.82) is 0 Å². The van der Waals surface area contributed by atoms with Crippen molar-refractivity contribution < 1.29 is 9.18 Å². The third-order valence-corrected chi connectivity index (χ3v) is 4.53. The lowest BCUT2D eigenvalue weighted by Gasteiger charge is -2.07. The predicted molar refractivity (Wildman–Crippen MR) is 106 cm³/mol. The molecule has 140 valence electrons. The van der Waals surface area contributed by atoms with Crippen LogP contribution >= 0.6 is 0 Å². The third kappa shape index (κ3) is 2.96. The molecule has 6 nitrogen and oxygen atoms in total. The van der Waals surface area contributed by atoms with Crippen molar-refractivity contribution in [2.45, 2.75) is 13.8 Å². The lowest BCUT2D eigenvalue weighted by molar-refractivity contribution is 0.102. The number of hydrogen-bond acceptors (Lipinski definition) is 3. The van der Waals surface area contributed by atoms with Crippen molar-refractivity contribution in [3.05, 3.63) is 87.6 Å². The van der Waals surface area contributed by atoms with Crippen LogP contribution in [0.2, 0.25) is 0 Å². The Hall–Kier alpha value is -3.74. The Morgan fingerprint density at radius 1 is 1.11 bits per heavy atom. The fourth-order valence-corrected chi connectivity index (χ4v) is 3.07. The Kier molecular flexibility index (Phi) is 4.27. The third-order valence-electron chi connectivity index (χ3n) is 4.53. The maximum absolute atomic E-state index is 13.8. The minimum atomic E-state index is -0.685. The van der Waals surface area contributed by atoms with Gasteiger partial charge in [0, 0.05) is 6.20 Å². The Labute approximate surface area is 159 Å².